The molecule has 0 spiro atoms. The van der Waals surface area contributed by atoms with Gasteiger partial charge in [0.15, 0.2) is 0 Å². The van der Waals surface area contributed by atoms with Gasteiger partial charge in [0, 0.05) is 35.5 Å². The van der Waals surface area contributed by atoms with Crippen molar-refractivity contribution in [3.8, 4) is 11.1 Å². The van der Waals surface area contributed by atoms with Gasteiger partial charge in [-0.1, -0.05) is 18.2 Å². The second-order valence-corrected chi connectivity index (χ2v) is 10.1. The van der Waals surface area contributed by atoms with Crippen molar-refractivity contribution >= 4 is 34.9 Å². The molecule has 1 atom stereocenters. The topological polar surface area (TPSA) is 106 Å². The summed E-state index contributed by atoms with van der Waals surface area (Å²) in [6, 6.07) is 10.0. The summed E-state index contributed by atoms with van der Waals surface area (Å²) in [6.07, 6.45) is 11.0. The van der Waals surface area contributed by atoms with Gasteiger partial charge >= 0.3 is 6.03 Å². The van der Waals surface area contributed by atoms with Gasteiger partial charge in [-0.05, 0) is 67.4 Å². The number of benzene rings is 1. The minimum Gasteiger partial charge on any atom is -0.392 e. The van der Waals surface area contributed by atoms with Crippen molar-refractivity contribution in [1.82, 2.24) is 14.3 Å². The molecule has 1 saturated carbocycles. The van der Waals surface area contributed by atoms with Crippen LogP contribution in [0.5, 0.6) is 0 Å². The van der Waals surface area contributed by atoms with E-state index in [1.54, 1.807) is 6.20 Å². The first-order valence-corrected chi connectivity index (χ1v) is 12.9. The summed E-state index contributed by atoms with van der Waals surface area (Å²) in [5.74, 6) is 0.541. The van der Waals surface area contributed by atoms with Gasteiger partial charge in [-0.15, -0.1) is 0 Å². The summed E-state index contributed by atoms with van der Waals surface area (Å²) < 4.78 is 10.6. The number of rotatable bonds is 6. The van der Waals surface area contributed by atoms with E-state index < -0.39 is 0 Å². The predicted molar refractivity (Wildman–Crippen MR) is 139 cm³/mol. The van der Waals surface area contributed by atoms with Crippen LogP contribution in [0.25, 0.3) is 16.6 Å². The molecule has 1 fully saturated rings. The fourth-order valence-electron chi connectivity index (χ4n) is 4.98. The van der Waals surface area contributed by atoms with E-state index in [4.69, 9.17) is 10.5 Å². The molecule has 1 unspecified atom stereocenters. The Morgan fingerprint density at radius 2 is 2.11 bits per heavy atom. The maximum absolute atomic E-state index is 12.9. The summed E-state index contributed by atoms with van der Waals surface area (Å²) in [5, 5.41) is 7.95. The lowest BCUT2D eigenvalue weighted by Crippen LogP contribution is -2.31. The standard InChI is InChI=1S/C26H28N6O2S/c27-23(14-22-25(17-4-5-17)34-13-12-28-22)35-31-26(33)30-24-20-3-1-2-16(20)7-9-21(24)18-6-8-19-10-11-29-32(19)15-18/h6-11,14-15,17,25H,1-5,12-13,27H2,(H2,30,31,33). The van der Waals surface area contributed by atoms with Gasteiger partial charge in [0.25, 0.3) is 0 Å². The number of hydrogen-bond donors (Lipinski definition) is 3. The monoisotopic (exact) mass is 488 g/mol. The Balaban J connectivity index is 1.19. The quantitative estimate of drug-likeness (QED) is 0.449. The average Bonchev–Trinajstić information content (AvgIpc) is 3.40. The van der Waals surface area contributed by atoms with E-state index in [1.165, 1.54) is 24.0 Å². The van der Waals surface area contributed by atoms with E-state index in [0.29, 0.717) is 24.1 Å². The van der Waals surface area contributed by atoms with Crippen LogP contribution >= 0.6 is 11.9 Å². The molecule has 3 aliphatic rings. The Labute approximate surface area is 208 Å². The fraction of sp³-hybridized carbons (Fsp3) is 0.346. The van der Waals surface area contributed by atoms with Gasteiger partial charge in [-0.2, -0.15) is 5.10 Å². The molecule has 0 radical (unpaired) electrons. The summed E-state index contributed by atoms with van der Waals surface area (Å²) >= 11 is 1.10. The van der Waals surface area contributed by atoms with Gasteiger partial charge in [0.2, 0.25) is 0 Å². The Morgan fingerprint density at radius 3 is 3.00 bits per heavy atom. The zero-order chi connectivity index (χ0) is 23.8. The highest BCUT2D eigenvalue weighted by atomic mass is 32.2. The van der Waals surface area contributed by atoms with Gasteiger partial charge in [0.1, 0.15) is 6.10 Å². The number of anilines is 1. The third-order valence-corrected chi connectivity index (χ3v) is 7.45. The lowest BCUT2D eigenvalue weighted by molar-refractivity contribution is 0.0817. The van der Waals surface area contributed by atoms with Crippen LogP contribution in [-0.4, -0.2) is 40.6 Å². The number of pyridine rings is 1. The molecule has 3 aromatic rings. The molecule has 0 saturated heterocycles. The molecule has 2 amide bonds. The number of urea groups is 1. The number of aryl methyl sites for hydroxylation is 1. The molecule has 180 valence electrons. The van der Waals surface area contributed by atoms with Gasteiger partial charge < -0.3 is 15.8 Å². The summed E-state index contributed by atoms with van der Waals surface area (Å²) in [4.78, 5) is 17.5. The summed E-state index contributed by atoms with van der Waals surface area (Å²) in [5.41, 5.74) is 13.4. The van der Waals surface area contributed by atoms with Crippen LogP contribution < -0.4 is 15.8 Å². The van der Waals surface area contributed by atoms with Crippen LogP contribution in [0.1, 0.15) is 30.4 Å². The Kier molecular flexibility index (Phi) is 5.95. The number of amides is 2. The molecular weight excluding hydrogens is 460 g/mol. The van der Waals surface area contributed by atoms with Crippen LogP contribution in [0.15, 0.2) is 58.8 Å². The van der Waals surface area contributed by atoms with Crippen LogP contribution in [-0.2, 0) is 17.6 Å². The lowest BCUT2D eigenvalue weighted by Gasteiger charge is -2.22. The molecule has 35 heavy (non-hydrogen) atoms. The van der Waals surface area contributed by atoms with Crippen LogP contribution in [0.3, 0.4) is 0 Å². The van der Waals surface area contributed by atoms with E-state index in [-0.39, 0.29) is 12.1 Å². The largest absolute Gasteiger partial charge is 0.392 e. The first kappa shape index (κ1) is 22.2. The third-order valence-electron chi connectivity index (χ3n) is 6.80. The highest BCUT2D eigenvalue weighted by Crippen LogP contribution is 2.38. The SMILES string of the molecule is NC(=CC1=NCCOC1C1CC1)SNC(=O)Nc1c(-c2ccc3ccnn3c2)ccc2c1CCC2. The van der Waals surface area contributed by atoms with Gasteiger partial charge in [-0.25, -0.2) is 9.31 Å². The number of nitrogens with two attached hydrogens (primary N) is 1. The van der Waals surface area contributed by atoms with Crippen LogP contribution in [0.2, 0.25) is 0 Å². The van der Waals surface area contributed by atoms with Crippen LogP contribution in [0, 0.1) is 5.92 Å². The zero-order valence-corrected chi connectivity index (χ0v) is 20.2. The lowest BCUT2D eigenvalue weighted by atomic mass is 9.98. The summed E-state index contributed by atoms with van der Waals surface area (Å²) in [7, 11) is 0. The summed E-state index contributed by atoms with van der Waals surface area (Å²) in [6.45, 7) is 1.30. The number of aromatic nitrogens is 2. The second-order valence-electron chi connectivity index (χ2n) is 9.24. The number of carbonyl (C=O) groups is 1. The van der Waals surface area contributed by atoms with Crippen molar-refractivity contribution in [2.24, 2.45) is 16.6 Å². The van der Waals surface area contributed by atoms with E-state index in [9.17, 15) is 4.79 Å². The van der Waals surface area contributed by atoms with E-state index in [2.05, 4.69) is 38.3 Å². The molecule has 2 aliphatic carbocycles. The highest BCUT2D eigenvalue weighted by molar-refractivity contribution is 8.01. The van der Waals surface area contributed by atoms with E-state index in [0.717, 1.165) is 59.3 Å². The molecule has 0 bridgehead atoms. The predicted octanol–water partition coefficient (Wildman–Crippen LogP) is 4.31. The molecular formula is C26H28N6O2S. The van der Waals surface area contributed by atoms with Crippen molar-refractivity contribution in [1.29, 1.82) is 0 Å². The molecule has 3 heterocycles. The number of fused-ring (bicyclic) bond motifs is 2. The minimum absolute atomic E-state index is 0.0262. The van der Waals surface area contributed by atoms with Crippen molar-refractivity contribution in [2.45, 2.75) is 38.2 Å². The normalized spacial score (nSPS) is 19.9. The minimum atomic E-state index is -0.311. The average molecular weight is 489 g/mol. The van der Waals surface area contributed by atoms with Crippen molar-refractivity contribution in [2.75, 3.05) is 18.5 Å². The Morgan fingerprint density at radius 1 is 1.20 bits per heavy atom. The number of aliphatic imine (C=N–C) groups is 1. The first-order chi connectivity index (χ1) is 17.2. The van der Waals surface area contributed by atoms with Gasteiger partial charge in [-0.3, -0.25) is 9.71 Å². The fourth-order valence-corrected chi connectivity index (χ4v) is 5.42. The van der Waals surface area contributed by atoms with Crippen molar-refractivity contribution in [3.05, 3.63) is 65.0 Å². The van der Waals surface area contributed by atoms with Gasteiger partial charge in [0.05, 0.1) is 35.1 Å². The number of nitrogens with one attached hydrogen (secondary N) is 2. The van der Waals surface area contributed by atoms with Crippen molar-refractivity contribution < 1.29 is 9.53 Å². The maximum Gasteiger partial charge on any atom is 0.329 e. The number of carbonyl (C=O) groups excluding carboxylic acids is 1. The molecule has 8 nitrogen and oxygen atoms in total. The second kappa shape index (κ2) is 9.39. The third kappa shape index (κ3) is 4.66. The number of ether oxygens (including phenoxy) is 1. The Hall–Kier alpha value is -3.30. The zero-order valence-electron chi connectivity index (χ0n) is 19.4. The smallest absolute Gasteiger partial charge is 0.329 e. The maximum atomic E-state index is 12.9. The molecule has 1 aromatic carbocycles. The molecule has 1 aliphatic heterocycles. The Bertz CT molecular complexity index is 1340. The van der Waals surface area contributed by atoms with Crippen molar-refractivity contribution in [3.63, 3.8) is 0 Å². The first-order valence-electron chi connectivity index (χ1n) is 12.1. The molecule has 2 aromatic heterocycles. The molecule has 4 N–H and O–H groups in total. The number of hydrogen-bond acceptors (Lipinski definition) is 6. The highest BCUT2D eigenvalue weighted by Gasteiger charge is 2.36. The van der Waals surface area contributed by atoms with Crippen LogP contribution in [0.4, 0.5) is 10.5 Å². The van der Waals surface area contributed by atoms with E-state index in [1.807, 2.05) is 28.9 Å². The molecule has 6 rings (SSSR count). The molecule has 9 heteroatoms. The number of nitrogens with zero attached hydrogens (tertiary/aromatic N) is 3. The van der Waals surface area contributed by atoms with E-state index >= 15 is 0 Å².